The molecule has 0 unspecified atom stereocenters. The quantitative estimate of drug-likeness (QED) is 0.122. The van der Waals surface area contributed by atoms with Crippen molar-refractivity contribution in [3.8, 4) is 17.2 Å². The molecule has 1 fully saturated rings. The van der Waals surface area contributed by atoms with E-state index >= 15 is 0 Å². The molecular formula is C30H22BrNO6S. The van der Waals surface area contributed by atoms with E-state index in [4.69, 9.17) is 14.2 Å². The number of carbonyl (C=O) groups excluding carboxylic acids is 3. The molecule has 1 aliphatic rings. The number of imide groups is 1. The van der Waals surface area contributed by atoms with E-state index < -0.39 is 11.9 Å². The second-order valence-electron chi connectivity index (χ2n) is 8.45. The van der Waals surface area contributed by atoms with Crippen LogP contribution in [0.4, 0.5) is 4.79 Å². The predicted molar refractivity (Wildman–Crippen MR) is 154 cm³/mol. The van der Waals surface area contributed by atoms with Crippen molar-refractivity contribution in [2.75, 3.05) is 20.3 Å². The third-order valence-corrected chi connectivity index (χ3v) is 7.45. The summed E-state index contributed by atoms with van der Waals surface area (Å²) in [6, 6.07) is 25.5. The number of rotatable bonds is 8. The maximum Gasteiger partial charge on any atom is 0.343 e. The van der Waals surface area contributed by atoms with E-state index in [0.29, 0.717) is 27.1 Å². The van der Waals surface area contributed by atoms with Crippen molar-refractivity contribution in [1.82, 2.24) is 4.90 Å². The molecule has 1 heterocycles. The molecule has 0 radical (unpaired) electrons. The molecule has 0 saturated carbocycles. The smallest absolute Gasteiger partial charge is 0.343 e. The summed E-state index contributed by atoms with van der Waals surface area (Å²) in [5.74, 6) is 0.265. The van der Waals surface area contributed by atoms with E-state index in [0.717, 1.165) is 22.5 Å². The maximum atomic E-state index is 13.0. The number of amides is 2. The minimum absolute atomic E-state index is 0.118. The molecule has 7 nitrogen and oxygen atoms in total. The number of hydrogen-bond donors (Lipinski definition) is 0. The molecule has 196 valence electrons. The van der Waals surface area contributed by atoms with Gasteiger partial charge in [-0.15, -0.1) is 0 Å². The Labute approximate surface area is 237 Å². The zero-order valence-corrected chi connectivity index (χ0v) is 23.2. The number of methoxy groups -OCH3 is 1. The molecule has 1 saturated heterocycles. The lowest BCUT2D eigenvalue weighted by molar-refractivity contribution is -0.123. The first-order valence-corrected chi connectivity index (χ1v) is 13.6. The zero-order valence-electron chi connectivity index (χ0n) is 20.8. The van der Waals surface area contributed by atoms with Gasteiger partial charge in [0.2, 0.25) is 0 Å². The summed E-state index contributed by atoms with van der Waals surface area (Å²) in [4.78, 5) is 39.6. The average molecular weight is 604 g/mol. The summed E-state index contributed by atoms with van der Waals surface area (Å²) in [6.45, 7) is 0.285. The lowest BCUT2D eigenvalue weighted by atomic mass is 10.1. The predicted octanol–water partition coefficient (Wildman–Crippen LogP) is 6.95. The molecule has 0 aliphatic carbocycles. The summed E-state index contributed by atoms with van der Waals surface area (Å²) in [7, 11) is 1.45. The molecule has 4 aromatic carbocycles. The number of hydrogen-bond acceptors (Lipinski definition) is 7. The van der Waals surface area contributed by atoms with Crippen molar-refractivity contribution in [1.29, 1.82) is 0 Å². The third-order valence-electron chi connectivity index (χ3n) is 5.95. The minimum Gasteiger partial charge on any atom is -0.493 e. The summed E-state index contributed by atoms with van der Waals surface area (Å²) in [5.41, 5.74) is 0.990. The standard InChI is InChI=1S/C30H22BrNO6S/c1-36-25-17-19(16-23(31)27(25)38-29(34)21-9-3-2-4-10-21)18-26-28(33)32(30(35)39-26)14-15-37-24-13-7-11-20-8-5-6-12-22(20)24/h2-13,16-18H,14-15H2,1H3/b26-18-. The number of ether oxygens (including phenoxy) is 3. The van der Waals surface area contributed by atoms with Crippen LogP contribution in [0.1, 0.15) is 15.9 Å². The highest BCUT2D eigenvalue weighted by molar-refractivity contribution is 9.10. The first kappa shape index (κ1) is 26.5. The van der Waals surface area contributed by atoms with Crippen LogP contribution in [0.15, 0.2) is 94.3 Å². The molecule has 0 spiro atoms. The highest BCUT2D eigenvalue weighted by atomic mass is 79.9. The zero-order chi connectivity index (χ0) is 27.4. The monoisotopic (exact) mass is 603 g/mol. The topological polar surface area (TPSA) is 82.1 Å². The maximum absolute atomic E-state index is 13.0. The Balaban J connectivity index is 1.28. The fraction of sp³-hybridized carbons (Fsp3) is 0.100. The highest BCUT2D eigenvalue weighted by Crippen LogP contribution is 2.39. The van der Waals surface area contributed by atoms with Crippen molar-refractivity contribution in [2.45, 2.75) is 0 Å². The minimum atomic E-state index is -0.533. The van der Waals surface area contributed by atoms with Gasteiger partial charge in [0.25, 0.3) is 11.1 Å². The van der Waals surface area contributed by atoms with Gasteiger partial charge in [0.15, 0.2) is 11.5 Å². The Hall–Kier alpha value is -4.08. The van der Waals surface area contributed by atoms with Crippen LogP contribution in [0.5, 0.6) is 17.2 Å². The van der Waals surface area contributed by atoms with E-state index in [1.54, 1.807) is 42.5 Å². The summed E-state index contributed by atoms with van der Waals surface area (Å²) >= 11 is 4.29. The molecule has 4 aromatic rings. The number of carbonyl (C=O) groups is 3. The van der Waals surface area contributed by atoms with Crippen molar-refractivity contribution in [3.63, 3.8) is 0 Å². The SMILES string of the molecule is COc1cc(/C=C2\SC(=O)N(CCOc3cccc4ccccc34)C2=O)cc(Br)c1OC(=O)c1ccccc1. The van der Waals surface area contributed by atoms with Crippen LogP contribution in [-0.4, -0.2) is 42.3 Å². The van der Waals surface area contributed by atoms with Gasteiger partial charge in [-0.05, 0) is 75.0 Å². The lowest BCUT2D eigenvalue weighted by Gasteiger charge is -2.14. The van der Waals surface area contributed by atoms with Crippen LogP contribution in [-0.2, 0) is 4.79 Å². The van der Waals surface area contributed by atoms with Gasteiger partial charge in [0.05, 0.1) is 28.6 Å². The van der Waals surface area contributed by atoms with Crippen LogP contribution >= 0.6 is 27.7 Å². The average Bonchev–Trinajstić information content (AvgIpc) is 3.22. The van der Waals surface area contributed by atoms with Gasteiger partial charge in [0, 0.05) is 5.39 Å². The number of thioether (sulfide) groups is 1. The van der Waals surface area contributed by atoms with E-state index in [2.05, 4.69) is 15.9 Å². The Morgan fingerprint density at radius 1 is 0.949 bits per heavy atom. The molecule has 1 aliphatic heterocycles. The fourth-order valence-electron chi connectivity index (χ4n) is 4.06. The van der Waals surface area contributed by atoms with Gasteiger partial charge in [0.1, 0.15) is 12.4 Å². The van der Waals surface area contributed by atoms with Crippen LogP contribution in [0.25, 0.3) is 16.8 Å². The molecule has 9 heteroatoms. The highest BCUT2D eigenvalue weighted by Gasteiger charge is 2.35. The van der Waals surface area contributed by atoms with Crippen LogP contribution < -0.4 is 14.2 Å². The Bertz CT molecular complexity index is 1600. The van der Waals surface area contributed by atoms with Gasteiger partial charge in [-0.25, -0.2) is 4.79 Å². The van der Waals surface area contributed by atoms with Crippen LogP contribution in [0.3, 0.4) is 0 Å². The Kier molecular flexibility index (Phi) is 7.99. The first-order valence-electron chi connectivity index (χ1n) is 12.0. The largest absolute Gasteiger partial charge is 0.493 e. The van der Waals surface area contributed by atoms with Crippen molar-refractivity contribution < 1.29 is 28.6 Å². The van der Waals surface area contributed by atoms with Gasteiger partial charge in [-0.1, -0.05) is 54.6 Å². The molecule has 0 aromatic heterocycles. The number of esters is 1. The fourth-order valence-corrected chi connectivity index (χ4v) is 5.47. The molecule has 0 atom stereocenters. The normalized spacial score (nSPS) is 14.2. The number of nitrogens with zero attached hydrogens (tertiary/aromatic N) is 1. The van der Waals surface area contributed by atoms with E-state index in [1.807, 2.05) is 48.5 Å². The second kappa shape index (κ2) is 11.8. The first-order chi connectivity index (χ1) is 18.9. The van der Waals surface area contributed by atoms with Crippen LogP contribution in [0, 0.1) is 0 Å². The molecule has 2 amide bonds. The lowest BCUT2D eigenvalue weighted by Crippen LogP contribution is -2.32. The number of fused-ring (bicyclic) bond motifs is 1. The Morgan fingerprint density at radius 2 is 1.69 bits per heavy atom. The Morgan fingerprint density at radius 3 is 2.49 bits per heavy atom. The van der Waals surface area contributed by atoms with Crippen molar-refractivity contribution in [2.24, 2.45) is 0 Å². The summed E-state index contributed by atoms with van der Waals surface area (Å²) in [6.07, 6.45) is 1.60. The van der Waals surface area contributed by atoms with E-state index in [9.17, 15) is 14.4 Å². The van der Waals surface area contributed by atoms with E-state index in [-0.39, 0.29) is 29.0 Å². The van der Waals surface area contributed by atoms with Crippen molar-refractivity contribution in [3.05, 3.63) is 105 Å². The number of halogens is 1. The molecule has 0 bridgehead atoms. The number of benzene rings is 4. The van der Waals surface area contributed by atoms with Gasteiger partial charge >= 0.3 is 5.97 Å². The third kappa shape index (κ3) is 5.84. The van der Waals surface area contributed by atoms with Crippen molar-refractivity contribution >= 4 is 61.7 Å². The van der Waals surface area contributed by atoms with E-state index in [1.165, 1.54) is 12.0 Å². The summed E-state index contributed by atoms with van der Waals surface area (Å²) < 4.78 is 17.4. The summed E-state index contributed by atoms with van der Waals surface area (Å²) in [5, 5.41) is 1.64. The van der Waals surface area contributed by atoms with Gasteiger partial charge < -0.3 is 14.2 Å². The van der Waals surface area contributed by atoms with Crippen LogP contribution in [0.2, 0.25) is 0 Å². The molecule has 0 N–H and O–H groups in total. The second-order valence-corrected chi connectivity index (χ2v) is 10.3. The molecule has 5 rings (SSSR count). The molecular weight excluding hydrogens is 582 g/mol. The van der Waals surface area contributed by atoms with Gasteiger partial charge in [-0.3, -0.25) is 14.5 Å². The van der Waals surface area contributed by atoms with Gasteiger partial charge in [-0.2, -0.15) is 0 Å². The molecule has 39 heavy (non-hydrogen) atoms.